The summed E-state index contributed by atoms with van der Waals surface area (Å²) in [6, 6.07) is 2.67. The van der Waals surface area contributed by atoms with E-state index in [0.717, 1.165) is 57.6 Å². The van der Waals surface area contributed by atoms with Crippen LogP contribution < -0.4 is 10.2 Å². The van der Waals surface area contributed by atoms with Crippen LogP contribution in [0.3, 0.4) is 0 Å². The Morgan fingerprint density at radius 3 is 2.96 bits per heavy atom. The number of carbonyl (C=O) groups is 1. The number of nitrogens with zero attached hydrogens (tertiary/aromatic N) is 4. The first-order valence-corrected chi connectivity index (χ1v) is 8.82. The first kappa shape index (κ1) is 14.9. The first-order valence-electron chi connectivity index (χ1n) is 8.82. The van der Waals surface area contributed by atoms with Crippen LogP contribution in [0.1, 0.15) is 36.9 Å². The molecule has 6 nitrogen and oxygen atoms in total. The number of amides is 1. The van der Waals surface area contributed by atoms with Gasteiger partial charge >= 0.3 is 0 Å². The zero-order valence-corrected chi connectivity index (χ0v) is 13.8. The van der Waals surface area contributed by atoms with Crippen molar-refractivity contribution in [3.8, 4) is 0 Å². The molecule has 1 amide bonds. The molecule has 0 saturated carbocycles. The third kappa shape index (κ3) is 2.80. The van der Waals surface area contributed by atoms with Crippen LogP contribution in [0.25, 0.3) is 0 Å². The van der Waals surface area contributed by atoms with E-state index in [-0.39, 0.29) is 11.9 Å². The number of anilines is 1. The summed E-state index contributed by atoms with van der Waals surface area (Å²) in [6.07, 6.45) is 6.60. The Balaban J connectivity index is 1.38. The summed E-state index contributed by atoms with van der Waals surface area (Å²) < 4.78 is 0. The highest BCUT2D eigenvalue weighted by Crippen LogP contribution is 2.27. The maximum atomic E-state index is 12.2. The number of carbonyl (C=O) groups excluding carboxylic acids is 1. The molecule has 2 saturated heterocycles. The predicted octanol–water partition coefficient (Wildman–Crippen LogP) is 0.754. The maximum Gasteiger partial charge on any atom is 0.237 e. The van der Waals surface area contributed by atoms with Gasteiger partial charge in [0.15, 0.2) is 5.82 Å². The zero-order chi connectivity index (χ0) is 15.8. The standard InChI is InChI=1S/C17H25N5O/c1-21(15-7-2-3-8-18-17(15)23)13-10-22(11-13)16-9-12-5-4-6-14(12)19-20-16/h9,13,15H,2-8,10-11H2,1H3,(H,18,23). The van der Waals surface area contributed by atoms with Gasteiger partial charge in [-0.15, -0.1) is 5.10 Å². The van der Waals surface area contributed by atoms with Crippen molar-refractivity contribution in [2.24, 2.45) is 0 Å². The number of hydrogen-bond acceptors (Lipinski definition) is 5. The van der Waals surface area contributed by atoms with Gasteiger partial charge in [0.1, 0.15) is 0 Å². The van der Waals surface area contributed by atoms with Crippen molar-refractivity contribution in [3.05, 3.63) is 17.3 Å². The first-order chi connectivity index (χ1) is 11.2. The van der Waals surface area contributed by atoms with Crippen LogP contribution in [0.5, 0.6) is 0 Å². The highest BCUT2D eigenvalue weighted by molar-refractivity contribution is 5.82. The van der Waals surface area contributed by atoms with Crippen LogP contribution in [0, 0.1) is 0 Å². The van der Waals surface area contributed by atoms with Crippen LogP contribution >= 0.6 is 0 Å². The maximum absolute atomic E-state index is 12.2. The van der Waals surface area contributed by atoms with Crippen molar-refractivity contribution in [2.75, 3.05) is 31.6 Å². The molecule has 0 spiro atoms. The van der Waals surface area contributed by atoms with Gasteiger partial charge in [-0.2, -0.15) is 5.10 Å². The lowest BCUT2D eigenvalue weighted by Crippen LogP contribution is -2.62. The molecule has 0 bridgehead atoms. The molecule has 1 aromatic heterocycles. The van der Waals surface area contributed by atoms with Crippen molar-refractivity contribution in [1.82, 2.24) is 20.4 Å². The van der Waals surface area contributed by atoms with E-state index < -0.39 is 0 Å². The van der Waals surface area contributed by atoms with Crippen molar-refractivity contribution in [1.29, 1.82) is 0 Å². The van der Waals surface area contributed by atoms with Gasteiger partial charge in [-0.1, -0.05) is 0 Å². The van der Waals surface area contributed by atoms with E-state index >= 15 is 0 Å². The van der Waals surface area contributed by atoms with Gasteiger partial charge in [0.05, 0.1) is 11.7 Å². The Bertz CT molecular complexity index is 599. The lowest BCUT2D eigenvalue weighted by atomic mass is 10.0. The molecule has 2 aliphatic heterocycles. The Labute approximate surface area is 137 Å². The number of fused-ring (bicyclic) bond motifs is 1. The van der Waals surface area contributed by atoms with Crippen LogP contribution in [0.2, 0.25) is 0 Å². The van der Waals surface area contributed by atoms with Crippen LogP contribution in [-0.4, -0.2) is 59.8 Å². The van der Waals surface area contributed by atoms with Gasteiger partial charge in [-0.25, -0.2) is 0 Å². The Morgan fingerprint density at radius 1 is 1.22 bits per heavy atom. The molecule has 1 unspecified atom stereocenters. The summed E-state index contributed by atoms with van der Waals surface area (Å²) in [5.41, 5.74) is 2.55. The van der Waals surface area contributed by atoms with Gasteiger partial charge in [-0.3, -0.25) is 9.69 Å². The second kappa shape index (κ2) is 6.07. The topological polar surface area (TPSA) is 61.4 Å². The van der Waals surface area contributed by atoms with E-state index in [1.165, 1.54) is 17.7 Å². The number of hydrogen-bond donors (Lipinski definition) is 1. The normalized spacial score (nSPS) is 25.0. The molecule has 0 aromatic carbocycles. The molecule has 4 rings (SSSR count). The van der Waals surface area contributed by atoms with Crippen molar-refractivity contribution in [2.45, 2.75) is 50.6 Å². The fraction of sp³-hybridized carbons (Fsp3) is 0.706. The van der Waals surface area contributed by atoms with Gasteiger partial charge in [0, 0.05) is 25.7 Å². The number of likely N-dealkylation sites (N-methyl/N-ethyl adjacent to an activating group) is 1. The van der Waals surface area contributed by atoms with Gasteiger partial charge in [0.2, 0.25) is 5.91 Å². The number of rotatable bonds is 3. The van der Waals surface area contributed by atoms with Crippen LogP contribution in [-0.2, 0) is 17.6 Å². The minimum Gasteiger partial charge on any atom is -0.355 e. The van der Waals surface area contributed by atoms with E-state index in [4.69, 9.17) is 0 Å². The lowest BCUT2D eigenvalue weighted by Gasteiger charge is -2.46. The summed E-state index contributed by atoms with van der Waals surface area (Å²) in [5.74, 6) is 1.20. The molecule has 1 atom stereocenters. The molecular weight excluding hydrogens is 290 g/mol. The molecular formula is C17H25N5O. The largest absolute Gasteiger partial charge is 0.355 e. The molecule has 124 valence electrons. The molecule has 1 aromatic rings. The minimum absolute atomic E-state index is 0.0238. The third-order valence-corrected chi connectivity index (χ3v) is 5.57. The number of aromatic nitrogens is 2. The summed E-state index contributed by atoms with van der Waals surface area (Å²) in [7, 11) is 2.09. The zero-order valence-electron chi connectivity index (χ0n) is 13.8. The Hall–Kier alpha value is -1.69. The molecule has 0 radical (unpaired) electrons. The molecule has 3 heterocycles. The third-order valence-electron chi connectivity index (χ3n) is 5.57. The summed E-state index contributed by atoms with van der Waals surface area (Å²) in [5, 5.41) is 11.8. The SMILES string of the molecule is CN(C1CN(c2cc3c(nn2)CCC3)C1)C1CCCCNC1=O. The quantitative estimate of drug-likeness (QED) is 0.892. The van der Waals surface area contributed by atoms with Crippen LogP contribution in [0.15, 0.2) is 6.07 Å². The van der Waals surface area contributed by atoms with Gasteiger partial charge in [0.25, 0.3) is 0 Å². The van der Waals surface area contributed by atoms with E-state index in [9.17, 15) is 4.79 Å². The van der Waals surface area contributed by atoms with Gasteiger partial charge < -0.3 is 10.2 Å². The molecule has 23 heavy (non-hydrogen) atoms. The summed E-state index contributed by atoms with van der Waals surface area (Å²) >= 11 is 0. The minimum atomic E-state index is 0.0238. The summed E-state index contributed by atoms with van der Waals surface area (Å²) in [6.45, 7) is 2.70. The number of aryl methyl sites for hydroxylation is 2. The summed E-state index contributed by atoms with van der Waals surface area (Å²) in [4.78, 5) is 16.7. The number of nitrogens with one attached hydrogen (secondary N) is 1. The fourth-order valence-electron chi connectivity index (χ4n) is 3.94. The van der Waals surface area contributed by atoms with Crippen molar-refractivity contribution in [3.63, 3.8) is 0 Å². The smallest absolute Gasteiger partial charge is 0.237 e. The molecule has 3 aliphatic rings. The van der Waals surface area contributed by atoms with E-state index in [1.54, 1.807) is 0 Å². The highest BCUT2D eigenvalue weighted by atomic mass is 16.2. The van der Waals surface area contributed by atoms with Crippen molar-refractivity contribution < 1.29 is 4.79 Å². The van der Waals surface area contributed by atoms with Gasteiger partial charge in [-0.05, 0) is 57.2 Å². The second-order valence-electron chi connectivity index (χ2n) is 7.05. The van der Waals surface area contributed by atoms with E-state index in [1.807, 2.05) is 0 Å². The lowest BCUT2D eigenvalue weighted by molar-refractivity contribution is -0.126. The van der Waals surface area contributed by atoms with E-state index in [0.29, 0.717) is 6.04 Å². The second-order valence-corrected chi connectivity index (χ2v) is 7.05. The predicted molar refractivity (Wildman–Crippen MR) is 88.5 cm³/mol. The monoisotopic (exact) mass is 315 g/mol. The Kier molecular flexibility index (Phi) is 3.93. The highest BCUT2D eigenvalue weighted by Gasteiger charge is 2.37. The molecule has 1 N–H and O–H groups in total. The molecule has 6 heteroatoms. The van der Waals surface area contributed by atoms with Crippen molar-refractivity contribution >= 4 is 11.7 Å². The Morgan fingerprint density at radius 2 is 2.09 bits per heavy atom. The fourth-order valence-corrected chi connectivity index (χ4v) is 3.94. The molecule has 2 fully saturated rings. The average Bonchev–Trinajstić information content (AvgIpc) is 2.86. The van der Waals surface area contributed by atoms with Crippen LogP contribution in [0.4, 0.5) is 5.82 Å². The molecule has 1 aliphatic carbocycles. The van der Waals surface area contributed by atoms with E-state index in [2.05, 4.69) is 38.4 Å². The average molecular weight is 315 g/mol.